The number of Topliss-reactive ketones (excluding diaryl/α,β-unsaturated/α-hetero) is 2. The molecule has 2 aromatic carbocycles. The molecule has 1 heterocycles. The molecule has 42 heavy (non-hydrogen) atoms. The summed E-state index contributed by atoms with van der Waals surface area (Å²) in [4.78, 5) is 30.0. The lowest BCUT2D eigenvalue weighted by atomic mass is 9.63. The maximum Gasteiger partial charge on any atom is 0.339 e. The standard InChI is InChI=1S/C34H41NO6S/c1-8-35-24-17-33(4,5)19-26(36)31(24)30(32-25(35)18-34(6,7)20-27(32)37)22-12-15-28(29(16-22)40-9-2)41-42(38,39)23-13-10-21(3)11-14-23/h10-16,30H,8-9,17-20H2,1-7H3. The maximum atomic E-state index is 13.9. The molecule has 224 valence electrons. The molecule has 0 amide bonds. The summed E-state index contributed by atoms with van der Waals surface area (Å²) in [5, 5.41) is 0. The minimum atomic E-state index is -4.11. The number of allylic oxidation sites excluding steroid dienone is 4. The summed E-state index contributed by atoms with van der Waals surface area (Å²) in [6.45, 7) is 15.2. The summed E-state index contributed by atoms with van der Waals surface area (Å²) >= 11 is 0. The van der Waals surface area contributed by atoms with Crippen molar-refractivity contribution in [3.05, 3.63) is 76.1 Å². The van der Waals surface area contributed by atoms with Gasteiger partial charge in [-0.3, -0.25) is 9.59 Å². The highest BCUT2D eigenvalue weighted by molar-refractivity contribution is 7.87. The van der Waals surface area contributed by atoms with Gasteiger partial charge in [0.25, 0.3) is 0 Å². The third-order valence-electron chi connectivity index (χ3n) is 8.45. The highest BCUT2D eigenvalue weighted by atomic mass is 32.2. The van der Waals surface area contributed by atoms with Crippen molar-refractivity contribution in [2.24, 2.45) is 10.8 Å². The van der Waals surface area contributed by atoms with Crippen LogP contribution in [0.15, 0.2) is 69.9 Å². The van der Waals surface area contributed by atoms with Gasteiger partial charge in [0.2, 0.25) is 0 Å². The first-order chi connectivity index (χ1) is 19.7. The topological polar surface area (TPSA) is 90.0 Å². The molecule has 0 atom stereocenters. The smallest absolute Gasteiger partial charge is 0.339 e. The Hall–Kier alpha value is -3.39. The Kier molecular flexibility index (Phi) is 7.67. The number of ether oxygens (including phenoxy) is 1. The summed E-state index contributed by atoms with van der Waals surface area (Å²) in [5.41, 5.74) is 4.60. The number of rotatable bonds is 7. The van der Waals surface area contributed by atoms with Crippen LogP contribution in [0.1, 0.15) is 84.3 Å². The third kappa shape index (κ3) is 5.53. The molecule has 8 heteroatoms. The van der Waals surface area contributed by atoms with Crippen LogP contribution in [0.4, 0.5) is 0 Å². The van der Waals surface area contributed by atoms with Crippen LogP contribution in [0.2, 0.25) is 0 Å². The van der Waals surface area contributed by atoms with Gasteiger partial charge in [-0.05, 0) is 74.3 Å². The lowest BCUT2D eigenvalue weighted by Crippen LogP contribution is -2.44. The van der Waals surface area contributed by atoms with Crippen molar-refractivity contribution in [3.63, 3.8) is 0 Å². The van der Waals surface area contributed by atoms with Crippen LogP contribution in [-0.4, -0.2) is 38.0 Å². The van der Waals surface area contributed by atoms with Crippen molar-refractivity contribution in [1.29, 1.82) is 0 Å². The number of hydrogen-bond acceptors (Lipinski definition) is 7. The molecule has 2 aliphatic carbocycles. The Morgan fingerprint density at radius 3 is 1.86 bits per heavy atom. The largest absolute Gasteiger partial charge is 0.490 e. The highest BCUT2D eigenvalue weighted by Crippen LogP contribution is 2.54. The van der Waals surface area contributed by atoms with Gasteiger partial charge in [-0.1, -0.05) is 51.5 Å². The van der Waals surface area contributed by atoms with Crippen LogP contribution in [0.25, 0.3) is 0 Å². The molecule has 0 saturated carbocycles. The second-order valence-corrected chi connectivity index (χ2v) is 14.8. The van der Waals surface area contributed by atoms with E-state index in [1.807, 2.05) is 13.8 Å². The van der Waals surface area contributed by atoms with Gasteiger partial charge in [-0.15, -0.1) is 0 Å². The van der Waals surface area contributed by atoms with E-state index in [4.69, 9.17) is 8.92 Å². The van der Waals surface area contributed by atoms with E-state index in [0.717, 1.165) is 35.4 Å². The molecular formula is C34H41NO6S. The van der Waals surface area contributed by atoms with Crippen LogP contribution >= 0.6 is 0 Å². The zero-order valence-electron chi connectivity index (χ0n) is 25.7. The maximum absolute atomic E-state index is 13.9. The monoisotopic (exact) mass is 591 g/mol. The van der Waals surface area contributed by atoms with Crippen LogP contribution in [-0.2, 0) is 19.7 Å². The van der Waals surface area contributed by atoms with Gasteiger partial charge in [-0.2, -0.15) is 8.42 Å². The van der Waals surface area contributed by atoms with E-state index in [2.05, 4.69) is 39.5 Å². The van der Waals surface area contributed by atoms with Crippen molar-refractivity contribution in [3.8, 4) is 11.5 Å². The van der Waals surface area contributed by atoms with Crippen molar-refractivity contribution < 1.29 is 26.9 Å². The second kappa shape index (κ2) is 10.7. The zero-order valence-corrected chi connectivity index (χ0v) is 26.5. The van der Waals surface area contributed by atoms with Crippen molar-refractivity contribution >= 4 is 21.7 Å². The molecule has 0 unspecified atom stereocenters. The van der Waals surface area contributed by atoms with Gasteiger partial charge in [-0.25, -0.2) is 0 Å². The van der Waals surface area contributed by atoms with Crippen molar-refractivity contribution in [2.45, 2.75) is 85.0 Å². The molecule has 0 spiro atoms. The fourth-order valence-corrected chi connectivity index (χ4v) is 7.62. The van der Waals surface area contributed by atoms with Crippen molar-refractivity contribution in [1.82, 2.24) is 4.90 Å². The first-order valence-electron chi connectivity index (χ1n) is 14.7. The third-order valence-corrected chi connectivity index (χ3v) is 9.70. The summed E-state index contributed by atoms with van der Waals surface area (Å²) < 4.78 is 37.7. The SMILES string of the molecule is CCOc1cc(C2C3=C(CC(C)(C)CC3=O)N(CC)C3=C2C(=O)CC(C)(C)C3)ccc1OS(=O)(=O)c1ccc(C)cc1. The number of benzene rings is 2. The Bertz CT molecular complexity index is 1560. The average Bonchev–Trinajstić information content (AvgIpc) is 2.87. The van der Waals surface area contributed by atoms with Crippen LogP contribution in [0, 0.1) is 17.8 Å². The molecule has 0 saturated heterocycles. The van der Waals surface area contributed by atoms with Gasteiger partial charge in [0.05, 0.1) is 6.61 Å². The normalized spacial score (nSPS) is 20.4. The van der Waals surface area contributed by atoms with E-state index < -0.39 is 16.0 Å². The molecule has 0 N–H and O–H groups in total. The predicted octanol–water partition coefficient (Wildman–Crippen LogP) is 6.87. The van der Waals surface area contributed by atoms with Gasteiger partial charge >= 0.3 is 10.1 Å². The fraction of sp³-hybridized carbons (Fsp3) is 0.471. The first kappa shape index (κ1) is 30.1. The summed E-state index contributed by atoms with van der Waals surface area (Å²) in [7, 11) is -4.11. The molecule has 0 fully saturated rings. The molecule has 2 aromatic rings. The zero-order chi connectivity index (χ0) is 30.6. The van der Waals surface area contributed by atoms with E-state index in [1.54, 1.807) is 30.3 Å². The van der Waals surface area contributed by atoms with E-state index in [9.17, 15) is 18.0 Å². The minimum absolute atomic E-state index is 0.0435. The fourth-order valence-electron chi connectivity index (χ4n) is 6.68. The van der Waals surface area contributed by atoms with E-state index in [0.29, 0.717) is 30.5 Å². The van der Waals surface area contributed by atoms with Crippen LogP contribution in [0.5, 0.6) is 11.5 Å². The number of aryl methyl sites for hydroxylation is 1. The minimum Gasteiger partial charge on any atom is -0.490 e. The van der Waals surface area contributed by atoms with Gasteiger partial charge in [0.15, 0.2) is 23.1 Å². The Morgan fingerprint density at radius 2 is 1.36 bits per heavy atom. The Morgan fingerprint density at radius 1 is 0.810 bits per heavy atom. The predicted molar refractivity (Wildman–Crippen MR) is 162 cm³/mol. The molecule has 7 nitrogen and oxygen atoms in total. The lowest BCUT2D eigenvalue weighted by Gasteiger charge is -2.48. The Balaban J connectivity index is 1.66. The summed E-state index contributed by atoms with van der Waals surface area (Å²) in [6, 6.07) is 11.5. The van der Waals surface area contributed by atoms with Crippen LogP contribution < -0.4 is 8.92 Å². The molecule has 0 radical (unpaired) electrons. The first-order valence-corrected chi connectivity index (χ1v) is 16.1. The highest BCUT2D eigenvalue weighted by Gasteiger charge is 2.48. The molecule has 1 aliphatic heterocycles. The average molecular weight is 592 g/mol. The van der Waals surface area contributed by atoms with E-state index in [-0.39, 0.29) is 45.4 Å². The molecule has 0 bridgehead atoms. The second-order valence-electron chi connectivity index (χ2n) is 13.3. The number of hydrogen-bond donors (Lipinski definition) is 0. The Labute approximate surface area is 249 Å². The van der Waals surface area contributed by atoms with E-state index in [1.165, 1.54) is 12.1 Å². The number of ketones is 2. The van der Waals surface area contributed by atoms with Crippen LogP contribution in [0.3, 0.4) is 0 Å². The van der Waals surface area contributed by atoms with E-state index >= 15 is 0 Å². The number of nitrogens with zero attached hydrogens (tertiary/aromatic N) is 1. The van der Waals surface area contributed by atoms with Gasteiger partial charge in [0.1, 0.15) is 4.90 Å². The summed E-state index contributed by atoms with van der Waals surface area (Å²) in [5.74, 6) is -0.141. The molecule has 0 aromatic heterocycles. The van der Waals surface area contributed by atoms with Gasteiger partial charge < -0.3 is 13.8 Å². The molecular weight excluding hydrogens is 550 g/mol. The molecule has 5 rings (SSSR count). The molecule has 3 aliphatic rings. The number of carbonyl (C=O) groups excluding carboxylic acids is 2. The quantitative estimate of drug-likeness (QED) is 0.325. The lowest BCUT2D eigenvalue weighted by molar-refractivity contribution is -0.119. The van der Waals surface area contributed by atoms with Gasteiger partial charge in [0, 0.05) is 47.8 Å². The summed E-state index contributed by atoms with van der Waals surface area (Å²) in [6.07, 6.45) is 2.27. The van der Waals surface area contributed by atoms with Crippen molar-refractivity contribution in [2.75, 3.05) is 13.2 Å². The number of carbonyl (C=O) groups is 2.